The Balaban J connectivity index is 1.55. The van der Waals surface area contributed by atoms with Crippen LogP contribution in [0.1, 0.15) is 15.9 Å². The van der Waals surface area contributed by atoms with E-state index >= 15 is 0 Å². The van der Waals surface area contributed by atoms with Gasteiger partial charge in [0.2, 0.25) is 5.95 Å². The summed E-state index contributed by atoms with van der Waals surface area (Å²) in [7, 11) is 0. The number of carbonyl (C=O) groups excluding carboxylic acids is 1. The lowest BCUT2D eigenvalue weighted by Gasteiger charge is -2.08. The second kappa shape index (κ2) is 8.65. The number of anilines is 2. The van der Waals surface area contributed by atoms with Gasteiger partial charge in [-0.05, 0) is 30.2 Å². The maximum Gasteiger partial charge on any atom is 0.258 e. The molecule has 3 rings (SSSR count). The summed E-state index contributed by atoms with van der Waals surface area (Å²) in [6.45, 7) is 0.704. The van der Waals surface area contributed by atoms with E-state index in [4.69, 9.17) is 23.2 Å². The zero-order valence-corrected chi connectivity index (χ0v) is 15.3. The number of rotatable bonds is 6. The van der Waals surface area contributed by atoms with E-state index in [2.05, 4.69) is 32.7 Å². The Bertz CT molecular complexity index is 886. The van der Waals surface area contributed by atoms with Crippen molar-refractivity contribution < 1.29 is 4.79 Å². The molecule has 26 heavy (non-hydrogen) atoms. The van der Waals surface area contributed by atoms with Gasteiger partial charge in [0.25, 0.3) is 5.91 Å². The van der Waals surface area contributed by atoms with Crippen molar-refractivity contribution in [3.05, 3.63) is 82.1 Å². The lowest BCUT2D eigenvalue weighted by Crippen LogP contribution is -2.14. The highest BCUT2D eigenvalue weighted by atomic mass is 35.5. The second-order valence-corrected chi connectivity index (χ2v) is 6.38. The van der Waals surface area contributed by atoms with Gasteiger partial charge in [0.1, 0.15) is 0 Å². The molecule has 0 aliphatic rings. The van der Waals surface area contributed by atoms with Crippen molar-refractivity contribution in [2.75, 3.05) is 17.2 Å². The first kappa shape index (κ1) is 18.2. The lowest BCUT2D eigenvalue weighted by atomic mass is 10.1. The average molecular weight is 387 g/mol. The van der Waals surface area contributed by atoms with E-state index in [9.17, 15) is 4.79 Å². The second-order valence-electron chi connectivity index (χ2n) is 5.54. The van der Waals surface area contributed by atoms with Crippen LogP contribution < -0.4 is 10.6 Å². The van der Waals surface area contributed by atoms with E-state index in [1.165, 1.54) is 18.0 Å². The number of amides is 1. The minimum Gasteiger partial charge on any atom is -0.354 e. The normalized spacial score (nSPS) is 10.4. The molecule has 1 aromatic heterocycles. The number of halogens is 2. The van der Waals surface area contributed by atoms with Gasteiger partial charge in [0, 0.05) is 24.0 Å². The van der Waals surface area contributed by atoms with Gasteiger partial charge in [-0.3, -0.25) is 4.79 Å². The Morgan fingerprint density at radius 2 is 1.73 bits per heavy atom. The summed E-state index contributed by atoms with van der Waals surface area (Å²) in [6.07, 6.45) is 3.80. The van der Waals surface area contributed by atoms with E-state index in [-0.39, 0.29) is 5.91 Å². The third-order valence-electron chi connectivity index (χ3n) is 3.63. The molecule has 1 amide bonds. The van der Waals surface area contributed by atoms with Crippen LogP contribution in [-0.2, 0) is 6.42 Å². The number of benzene rings is 2. The highest BCUT2D eigenvalue weighted by molar-refractivity contribution is 6.36. The summed E-state index contributed by atoms with van der Waals surface area (Å²) in [4.78, 5) is 20.6. The van der Waals surface area contributed by atoms with Crippen LogP contribution in [0.4, 0.5) is 11.6 Å². The minimum atomic E-state index is -0.343. The molecule has 132 valence electrons. The molecular formula is C19H16Cl2N4O. The van der Waals surface area contributed by atoms with Crippen LogP contribution in [0, 0.1) is 0 Å². The topological polar surface area (TPSA) is 66.9 Å². The van der Waals surface area contributed by atoms with Gasteiger partial charge in [-0.15, -0.1) is 0 Å². The van der Waals surface area contributed by atoms with Gasteiger partial charge < -0.3 is 10.6 Å². The monoisotopic (exact) mass is 386 g/mol. The average Bonchev–Trinajstić information content (AvgIpc) is 2.65. The molecule has 7 heteroatoms. The summed E-state index contributed by atoms with van der Waals surface area (Å²) in [6, 6.07) is 15.0. The predicted molar refractivity (Wildman–Crippen MR) is 105 cm³/mol. The zero-order chi connectivity index (χ0) is 18.4. The quantitative estimate of drug-likeness (QED) is 0.644. The fourth-order valence-corrected chi connectivity index (χ4v) is 2.74. The molecule has 1 heterocycles. The minimum absolute atomic E-state index is 0.338. The first-order chi connectivity index (χ1) is 12.6. The van der Waals surface area contributed by atoms with Crippen molar-refractivity contribution in [2.45, 2.75) is 6.42 Å². The Kier molecular flexibility index (Phi) is 6.04. The molecular weight excluding hydrogens is 371 g/mol. The third-order valence-corrected chi connectivity index (χ3v) is 4.18. The third kappa shape index (κ3) is 4.94. The maximum absolute atomic E-state index is 12.3. The van der Waals surface area contributed by atoms with Crippen LogP contribution in [0.5, 0.6) is 0 Å². The van der Waals surface area contributed by atoms with Crippen LogP contribution in [0.15, 0.2) is 60.9 Å². The van der Waals surface area contributed by atoms with Crippen LogP contribution in [0.3, 0.4) is 0 Å². The van der Waals surface area contributed by atoms with Gasteiger partial charge in [0.05, 0.1) is 16.3 Å². The number of nitrogens with zero attached hydrogens (tertiary/aromatic N) is 2. The SMILES string of the molecule is O=C(Nc1ccc(Cl)cc1Cl)c1cnc(NCCc2ccccc2)nc1. The lowest BCUT2D eigenvalue weighted by molar-refractivity contribution is 0.102. The van der Waals surface area contributed by atoms with E-state index in [1.807, 2.05) is 18.2 Å². The van der Waals surface area contributed by atoms with Crippen LogP contribution in [0.25, 0.3) is 0 Å². The number of hydrogen-bond donors (Lipinski definition) is 2. The molecule has 0 saturated carbocycles. The van der Waals surface area contributed by atoms with E-state index < -0.39 is 0 Å². The van der Waals surface area contributed by atoms with Crippen molar-refractivity contribution >= 4 is 40.7 Å². The summed E-state index contributed by atoms with van der Waals surface area (Å²) in [5, 5.41) is 6.71. The van der Waals surface area contributed by atoms with E-state index in [1.54, 1.807) is 18.2 Å². The summed E-state index contributed by atoms with van der Waals surface area (Å²) < 4.78 is 0. The largest absolute Gasteiger partial charge is 0.354 e. The highest BCUT2D eigenvalue weighted by Gasteiger charge is 2.10. The molecule has 3 aromatic rings. The van der Waals surface area contributed by atoms with Crippen molar-refractivity contribution in [2.24, 2.45) is 0 Å². The van der Waals surface area contributed by atoms with Gasteiger partial charge in [-0.25, -0.2) is 9.97 Å². The Labute approximate surface area is 161 Å². The molecule has 0 fully saturated rings. The van der Waals surface area contributed by atoms with Gasteiger partial charge in [0.15, 0.2) is 0 Å². The molecule has 2 N–H and O–H groups in total. The molecule has 0 bridgehead atoms. The summed E-state index contributed by atoms with van der Waals surface area (Å²) in [5.41, 5.74) is 2.05. The smallest absolute Gasteiger partial charge is 0.258 e. The maximum atomic E-state index is 12.3. The number of hydrogen-bond acceptors (Lipinski definition) is 4. The van der Waals surface area contributed by atoms with Crippen molar-refractivity contribution in [3.63, 3.8) is 0 Å². The predicted octanol–water partition coefficient (Wildman–Crippen LogP) is 4.69. The van der Waals surface area contributed by atoms with Crippen molar-refractivity contribution in [1.82, 2.24) is 9.97 Å². The first-order valence-electron chi connectivity index (χ1n) is 7.98. The fourth-order valence-electron chi connectivity index (χ4n) is 2.29. The molecule has 0 saturated heterocycles. The van der Waals surface area contributed by atoms with Gasteiger partial charge in [-0.1, -0.05) is 53.5 Å². The van der Waals surface area contributed by atoms with Gasteiger partial charge >= 0.3 is 0 Å². The molecule has 0 radical (unpaired) electrons. The van der Waals surface area contributed by atoms with Crippen molar-refractivity contribution in [3.8, 4) is 0 Å². The summed E-state index contributed by atoms with van der Waals surface area (Å²) >= 11 is 11.9. The number of aromatic nitrogens is 2. The van der Waals surface area contributed by atoms with Crippen LogP contribution in [-0.4, -0.2) is 22.4 Å². The molecule has 5 nitrogen and oxygen atoms in total. The number of nitrogens with one attached hydrogen (secondary N) is 2. The zero-order valence-electron chi connectivity index (χ0n) is 13.7. The van der Waals surface area contributed by atoms with Crippen molar-refractivity contribution in [1.29, 1.82) is 0 Å². The highest BCUT2D eigenvalue weighted by Crippen LogP contribution is 2.25. The van der Waals surface area contributed by atoms with E-state index in [0.717, 1.165) is 6.42 Å². The molecule has 0 atom stereocenters. The molecule has 0 unspecified atom stereocenters. The Morgan fingerprint density at radius 3 is 2.42 bits per heavy atom. The standard InChI is InChI=1S/C19H16Cl2N4O/c20-15-6-7-17(16(21)10-15)25-18(26)14-11-23-19(24-12-14)22-9-8-13-4-2-1-3-5-13/h1-7,10-12H,8-9H2,(H,25,26)(H,22,23,24). The molecule has 0 aliphatic carbocycles. The Morgan fingerprint density at radius 1 is 1.00 bits per heavy atom. The van der Waals surface area contributed by atoms with Crippen LogP contribution in [0.2, 0.25) is 10.0 Å². The summed E-state index contributed by atoms with van der Waals surface area (Å²) in [5.74, 6) is 0.132. The Hall–Kier alpha value is -2.63. The number of carbonyl (C=O) groups is 1. The van der Waals surface area contributed by atoms with Gasteiger partial charge in [-0.2, -0.15) is 0 Å². The van der Waals surface area contributed by atoms with E-state index in [0.29, 0.717) is 33.8 Å². The molecule has 0 aliphatic heterocycles. The first-order valence-corrected chi connectivity index (χ1v) is 8.73. The molecule has 2 aromatic carbocycles. The fraction of sp³-hybridized carbons (Fsp3) is 0.105. The van der Waals surface area contributed by atoms with Crippen LogP contribution >= 0.6 is 23.2 Å². The molecule has 0 spiro atoms.